The van der Waals surface area contributed by atoms with Crippen LogP contribution in [0.4, 0.5) is 22.7 Å². The number of rotatable bonds is 6. The van der Waals surface area contributed by atoms with Gasteiger partial charge in [-0.05, 0) is 105 Å². The highest BCUT2D eigenvalue weighted by atomic mass is 32.1. The second-order valence-electron chi connectivity index (χ2n) is 17.5. The molecule has 0 bridgehead atoms. The van der Waals surface area contributed by atoms with Gasteiger partial charge in [0.25, 0.3) is 6.71 Å². The van der Waals surface area contributed by atoms with Gasteiger partial charge in [0.2, 0.25) is 0 Å². The third kappa shape index (κ3) is 5.82. The molecule has 0 amide bonds. The number of hydrogen-bond donors (Lipinski definition) is 0. The summed E-state index contributed by atoms with van der Waals surface area (Å²) in [5.74, 6) is 0.915. The van der Waals surface area contributed by atoms with Crippen LogP contribution in [0.3, 0.4) is 0 Å². The number of para-hydroxylation sites is 2. The SMILES string of the molecule is CC(C)(C)c1cc2c3c(c1)N(Cc1ccccc1)c1cc4c5ccccc5n(-c5ccccn5)c4cc1B3c1cc(-c3nc4ccccc4s3)ccc1N2Cc1ccccc1. The van der Waals surface area contributed by atoms with E-state index in [1.54, 1.807) is 11.3 Å². The van der Waals surface area contributed by atoms with Gasteiger partial charge in [-0.1, -0.05) is 124 Å². The molecular weight excluding hydrogens is 762 g/mol. The van der Waals surface area contributed by atoms with Crippen molar-refractivity contribution >= 4 is 89.2 Å². The largest absolute Gasteiger partial charge is 0.338 e. The molecule has 3 aromatic heterocycles. The van der Waals surface area contributed by atoms with Crippen molar-refractivity contribution in [2.45, 2.75) is 39.3 Å². The van der Waals surface area contributed by atoms with Crippen LogP contribution in [0.5, 0.6) is 0 Å². The molecule has 7 aromatic carbocycles. The minimum absolute atomic E-state index is 0.0445. The lowest BCUT2D eigenvalue weighted by Gasteiger charge is -2.45. The highest BCUT2D eigenvalue weighted by Crippen LogP contribution is 2.45. The third-order valence-electron chi connectivity index (χ3n) is 12.7. The summed E-state index contributed by atoms with van der Waals surface area (Å²) < 4.78 is 3.56. The first kappa shape index (κ1) is 35.9. The van der Waals surface area contributed by atoms with Crippen LogP contribution in [-0.4, -0.2) is 21.2 Å². The van der Waals surface area contributed by atoms with Crippen LogP contribution >= 0.6 is 11.3 Å². The first-order valence-corrected chi connectivity index (χ1v) is 22.0. The highest BCUT2D eigenvalue weighted by Gasteiger charge is 2.44. The van der Waals surface area contributed by atoms with E-state index < -0.39 is 0 Å². The normalized spacial score (nSPS) is 13.2. The number of aromatic nitrogens is 3. The number of nitrogens with zero attached hydrogens (tertiary/aromatic N) is 5. The number of thiazole rings is 1. The standard InChI is InChI=1S/C54H42BN5S/c1-54(2,3)38-29-48-52-49(30-38)59(34-36-18-8-5-9-19-36)47-31-40-39-20-10-12-22-44(39)60(51-24-14-15-27-56-51)46(40)32-42(47)55(52)41-28-37(53-57-43-21-11-13-23-50(43)61-53)25-26-45(41)58(48)33-35-16-6-4-7-17-35/h4-32H,33-34H2,1-3H3. The summed E-state index contributed by atoms with van der Waals surface area (Å²) >= 11 is 1.77. The Morgan fingerprint density at radius 3 is 1.92 bits per heavy atom. The Morgan fingerprint density at radius 2 is 1.21 bits per heavy atom. The van der Waals surface area contributed by atoms with Gasteiger partial charge in [-0.2, -0.15) is 0 Å². The Morgan fingerprint density at radius 1 is 0.557 bits per heavy atom. The van der Waals surface area contributed by atoms with E-state index in [1.807, 2.05) is 12.3 Å². The van der Waals surface area contributed by atoms with E-state index in [9.17, 15) is 0 Å². The molecule has 5 heterocycles. The molecule has 0 aliphatic carbocycles. The summed E-state index contributed by atoms with van der Waals surface area (Å²) in [5.41, 5.74) is 17.2. The zero-order valence-corrected chi connectivity index (χ0v) is 35.2. The van der Waals surface area contributed by atoms with Crippen LogP contribution in [0.2, 0.25) is 0 Å². The Hall–Kier alpha value is -6.96. The van der Waals surface area contributed by atoms with Crippen LogP contribution in [0.1, 0.15) is 37.5 Å². The zero-order chi connectivity index (χ0) is 40.8. The number of fused-ring (bicyclic) bond motifs is 8. The molecule has 0 fully saturated rings. The van der Waals surface area contributed by atoms with Crippen molar-refractivity contribution in [3.05, 3.63) is 193 Å². The van der Waals surface area contributed by atoms with Gasteiger partial charge >= 0.3 is 0 Å². The molecule has 0 unspecified atom stereocenters. The number of anilines is 4. The summed E-state index contributed by atoms with van der Waals surface area (Å²) in [5, 5.41) is 3.48. The van der Waals surface area contributed by atoms with E-state index >= 15 is 0 Å². The molecule has 2 aliphatic heterocycles. The Kier molecular flexibility index (Phi) is 8.13. The van der Waals surface area contributed by atoms with E-state index in [2.05, 4.69) is 199 Å². The molecule has 292 valence electrons. The summed E-state index contributed by atoms with van der Waals surface area (Å²) in [6, 6.07) is 62.5. The monoisotopic (exact) mass is 803 g/mol. The fraction of sp³-hybridized carbons (Fsp3) is 0.111. The van der Waals surface area contributed by atoms with Crippen molar-refractivity contribution in [1.82, 2.24) is 14.5 Å². The van der Waals surface area contributed by atoms with Crippen LogP contribution in [-0.2, 0) is 18.5 Å². The first-order valence-electron chi connectivity index (χ1n) is 21.2. The molecule has 61 heavy (non-hydrogen) atoms. The van der Waals surface area contributed by atoms with Gasteiger partial charge in [0.1, 0.15) is 10.8 Å². The second kappa shape index (κ2) is 13.8. The maximum absolute atomic E-state index is 5.18. The molecule has 0 saturated heterocycles. The van der Waals surface area contributed by atoms with Gasteiger partial charge in [0.15, 0.2) is 0 Å². The average molecular weight is 804 g/mol. The molecule has 0 N–H and O–H groups in total. The van der Waals surface area contributed by atoms with Crippen molar-refractivity contribution in [3.8, 4) is 16.4 Å². The minimum atomic E-state index is -0.0881. The lowest BCUT2D eigenvalue weighted by molar-refractivity contribution is 0.590. The molecule has 10 aromatic rings. The molecule has 7 heteroatoms. The van der Waals surface area contributed by atoms with E-state index in [-0.39, 0.29) is 12.1 Å². The number of hydrogen-bond acceptors (Lipinski definition) is 5. The quantitative estimate of drug-likeness (QED) is 0.157. The fourth-order valence-electron chi connectivity index (χ4n) is 9.79. The predicted octanol–water partition coefficient (Wildman–Crippen LogP) is 11.6. The maximum atomic E-state index is 5.18. The zero-order valence-electron chi connectivity index (χ0n) is 34.4. The van der Waals surface area contributed by atoms with Gasteiger partial charge in [-0.25, -0.2) is 9.97 Å². The topological polar surface area (TPSA) is 37.2 Å². The van der Waals surface area contributed by atoms with Gasteiger partial charge in [-0.3, -0.25) is 4.57 Å². The predicted molar refractivity (Wildman–Crippen MR) is 258 cm³/mol. The third-order valence-corrected chi connectivity index (χ3v) is 13.8. The van der Waals surface area contributed by atoms with E-state index in [1.165, 1.54) is 71.3 Å². The van der Waals surface area contributed by atoms with Crippen molar-refractivity contribution < 1.29 is 0 Å². The van der Waals surface area contributed by atoms with Crippen molar-refractivity contribution in [2.75, 3.05) is 9.80 Å². The molecular formula is C54H42BN5S. The Bertz CT molecular complexity index is 3280. The molecule has 12 rings (SSSR count). The second-order valence-corrected chi connectivity index (χ2v) is 18.5. The number of pyridine rings is 1. The van der Waals surface area contributed by atoms with Crippen LogP contribution in [0.25, 0.3) is 48.4 Å². The van der Waals surface area contributed by atoms with E-state index in [0.717, 1.165) is 46.0 Å². The van der Waals surface area contributed by atoms with E-state index in [4.69, 9.17) is 9.97 Å². The molecule has 0 spiro atoms. The maximum Gasteiger partial charge on any atom is 0.252 e. The van der Waals surface area contributed by atoms with Gasteiger partial charge < -0.3 is 9.80 Å². The Labute approximate surface area is 360 Å². The summed E-state index contributed by atoms with van der Waals surface area (Å²) in [6.07, 6.45) is 1.90. The number of benzene rings is 7. The molecule has 0 radical (unpaired) electrons. The molecule has 0 saturated carbocycles. The van der Waals surface area contributed by atoms with Gasteiger partial charge in [0, 0.05) is 58.4 Å². The molecule has 2 aliphatic rings. The highest BCUT2D eigenvalue weighted by molar-refractivity contribution is 7.21. The summed E-state index contributed by atoms with van der Waals surface area (Å²) in [4.78, 5) is 15.3. The van der Waals surface area contributed by atoms with Crippen molar-refractivity contribution in [3.63, 3.8) is 0 Å². The van der Waals surface area contributed by atoms with Crippen molar-refractivity contribution in [1.29, 1.82) is 0 Å². The average Bonchev–Trinajstić information content (AvgIpc) is 3.87. The molecule has 0 atom stereocenters. The van der Waals surface area contributed by atoms with Crippen molar-refractivity contribution in [2.24, 2.45) is 0 Å². The van der Waals surface area contributed by atoms with Crippen LogP contribution in [0, 0.1) is 0 Å². The Balaban J connectivity index is 1.20. The minimum Gasteiger partial charge on any atom is -0.338 e. The first-order chi connectivity index (χ1) is 29.9. The lowest BCUT2D eigenvalue weighted by Crippen LogP contribution is -2.62. The summed E-state index contributed by atoms with van der Waals surface area (Å²) in [7, 11) is 0. The smallest absolute Gasteiger partial charge is 0.252 e. The van der Waals surface area contributed by atoms with Gasteiger partial charge in [-0.15, -0.1) is 11.3 Å². The molecule has 5 nitrogen and oxygen atoms in total. The van der Waals surface area contributed by atoms with Crippen LogP contribution < -0.4 is 26.2 Å². The fourth-order valence-corrected chi connectivity index (χ4v) is 10.7. The lowest BCUT2D eigenvalue weighted by atomic mass is 9.33. The van der Waals surface area contributed by atoms with Crippen LogP contribution in [0.15, 0.2) is 176 Å². The van der Waals surface area contributed by atoms with Gasteiger partial charge in [0.05, 0.1) is 21.3 Å². The summed E-state index contributed by atoms with van der Waals surface area (Å²) in [6.45, 7) is 8.47. The van der Waals surface area contributed by atoms with E-state index in [0.29, 0.717) is 0 Å².